The van der Waals surface area contributed by atoms with Crippen LogP contribution in [0.3, 0.4) is 0 Å². The molecule has 2 aromatic heterocycles. The number of rotatable bonds is 4. The Kier molecular flexibility index (Phi) is 6.65. The highest BCUT2D eigenvalue weighted by Gasteiger charge is 2.30. The number of methoxy groups -OCH3 is 1. The first kappa shape index (κ1) is 23.8. The van der Waals surface area contributed by atoms with Crippen LogP contribution in [0.1, 0.15) is 30.2 Å². The molecule has 3 heterocycles. The minimum absolute atomic E-state index is 0. The third-order valence-electron chi connectivity index (χ3n) is 5.97. The number of hydrogen-bond acceptors (Lipinski definition) is 6. The van der Waals surface area contributed by atoms with Crippen LogP contribution in [0.5, 0.6) is 5.75 Å². The number of fused-ring (bicyclic) bond motifs is 1. The Hall–Kier alpha value is -3.33. The lowest BCUT2D eigenvalue weighted by atomic mass is 9.96. The maximum atomic E-state index is 12.8. The molecule has 1 fully saturated rings. The number of aromatic nitrogens is 3. The molecule has 6 nitrogen and oxygen atoms in total. The Balaban J connectivity index is 0.00000274. The zero-order chi connectivity index (χ0) is 23.0. The van der Waals surface area contributed by atoms with Gasteiger partial charge >= 0.3 is 6.18 Å². The molecule has 1 aliphatic heterocycles. The van der Waals surface area contributed by atoms with Gasteiger partial charge in [-0.1, -0.05) is 29.4 Å². The summed E-state index contributed by atoms with van der Waals surface area (Å²) in [7, 11) is 1.64. The second-order valence-corrected chi connectivity index (χ2v) is 7.99. The summed E-state index contributed by atoms with van der Waals surface area (Å²) in [5.74, 6) is 2.53. The number of para-hydroxylation sites is 1. The van der Waals surface area contributed by atoms with Crippen LogP contribution in [0, 0.1) is 0 Å². The number of halogens is 4. The summed E-state index contributed by atoms with van der Waals surface area (Å²) in [4.78, 5) is 11.5. The van der Waals surface area contributed by atoms with Crippen molar-refractivity contribution in [2.24, 2.45) is 0 Å². The standard InChI is InChI=1S/C24H21F3N4O2.ClH/c1-32-19-4-2-3-15-7-10-20(28-21(15)19)31-13-11-17(12-14-31)23-29-22(30-33-23)16-5-8-18(9-6-16)24(25,26)27;/h2-10,17H,11-14H2,1H3;1H. The second-order valence-electron chi connectivity index (χ2n) is 7.99. The number of hydrogen-bond donors (Lipinski definition) is 0. The fourth-order valence-electron chi connectivity index (χ4n) is 4.13. The first-order valence-electron chi connectivity index (χ1n) is 10.6. The van der Waals surface area contributed by atoms with Crippen molar-refractivity contribution in [3.8, 4) is 17.1 Å². The molecular formula is C24H22ClF3N4O2. The van der Waals surface area contributed by atoms with Gasteiger partial charge in [-0.15, -0.1) is 12.4 Å². The molecule has 5 rings (SSSR count). The Labute approximate surface area is 200 Å². The number of ether oxygens (including phenoxy) is 1. The molecule has 0 N–H and O–H groups in total. The van der Waals surface area contributed by atoms with E-state index in [-0.39, 0.29) is 18.3 Å². The summed E-state index contributed by atoms with van der Waals surface area (Å²) in [5, 5.41) is 5.00. The summed E-state index contributed by atoms with van der Waals surface area (Å²) in [5.41, 5.74) is 0.615. The van der Waals surface area contributed by atoms with Gasteiger partial charge in [0.1, 0.15) is 17.1 Å². The van der Waals surface area contributed by atoms with Gasteiger partial charge in [0.2, 0.25) is 11.7 Å². The third-order valence-corrected chi connectivity index (χ3v) is 5.97. The highest BCUT2D eigenvalue weighted by molar-refractivity contribution is 5.86. The van der Waals surface area contributed by atoms with Gasteiger partial charge in [0.25, 0.3) is 0 Å². The van der Waals surface area contributed by atoms with Crippen LogP contribution in [0.2, 0.25) is 0 Å². The molecule has 2 aromatic carbocycles. The van der Waals surface area contributed by atoms with Crippen LogP contribution in [-0.4, -0.2) is 35.3 Å². The van der Waals surface area contributed by atoms with E-state index in [4.69, 9.17) is 14.2 Å². The normalized spacial score (nSPS) is 14.8. The van der Waals surface area contributed by atoms with Gasteiger partial charge in [0.15, 0.2) is 0 Å². The number of anilines is 1. The fourth-order valence-corrected chi connectivity index (χ4v) is 4.13. The Bertz CT molecular complexity index is 1270. The van der Waals surface area contributed by atoms with Gasteiger partial charge in [-0.2, -0.15) is 18.2 Å². The third kappa shape index (κ3) is 4.65. The van der Waals surface area contributed by atoms with Gasteiger partial charge < -0.3 is 14.2 Å². The predicted molar refractivity (Wildman–Crippen MR) is 124 cm³/mol. The van der Waals surface area contributed by atoms with Gasteiger partial charge in [-0.3, -0.25) is 0 Å². The zero-order valence-corrected chi connectivity index (χ0v) is 19.1. The van der Waals surface area contributed by atoms with E-state index < -0.39 is 11.7 Å². The second kappa shape index (κ2) is 9.50. The molecule has 0 spiro atoms. The molecule has 0 saturated carbocycles. The first-order chi connectivity index (χ1) is 15.9. The van der Waals surface area contributed by atoms with E-state index in [9.17, 15) is 13.2 Å². The predicted octanol–water partition coefficient (Wildman–Crippen LogP) is 6.12. The summed E-state index contributed by atoms with van der Waals surface area (Å²) in [6.45, 7) is 1.55. The smallest absolute Gasteiger partial charge is 0.416 e. The van der Waals surface area contributed by atoms with E-state index in [1.807, 2.05) is 30.3 Å². The Morgan fingerprint density at radius 2 is 1.71 bits per heavy atom. The lowest BCUT2D eigenvalue weighted by Crippen LogP contribution is -2.33. The average Bonchev–Trinajstić information content (AvgIpc) is 3.33. The molecule has 0 atom stereocenters. The van der Waals surface area contributed by atoms with Crippen molar-refractivity contribution in [3.05, 3.63) is 66.1 Å². The molecule has 1 saturated heterocycles. The fraction of sp³-hybridized carbons (Fsp3) is 0.292. The van der Waals surface area contributed by atoms with E-state index in [2.05, 4.69) is 15.0 Å². The van der Waals surface area contributed by atoms with Gasteiger partial charge in [0.05, 0.1) is 12.7 Å². The lowest BCUT2D eigenvalue weighted by molar-refractivity contribution is -0.137. The minimum atomic E-state index is -4.38. The van der Waals surface area contributed by atoms with Gasteiger partial charge in [-0.25, -0.2) is 4.98 Å². The molecular weight excluding hydrogens is 469 g/mol. The van der Waals surface area contributed by atoms with E-state index >= 15 is 0 Å². The number of nitrogens with zero attached hydrogens (tertiary/aromatic N) is 4. The van der Waals surface area contributed by atoms with Crippen molar-refractivity contribution in [1.82, 2.24) is 15.1 Å². The highest BCUT2D eigenvalue weighted by Crippen LogP contribution is 2.33. The van der Waals surface area contributed by atoms with Gasteiger partial charge in [-0.05, 0) is 43.2 Å². The molecule has 178 valence electrons. The molecule has 1 aliphatic rings. The quantitative estimate of drug-likeness (QED) is 0.343. The van der Waals surface area contributed by atoms with Crippen molar-refractivity contribution >= 4 is 29.1 Å². The maximum absolute atomic E-state index is 12.8. The van der Waals surface area contributed by atoms with E-state index in [0.717, 1.165) is 60.5 Å². The maximum Gasteiger partial charge on any atom is 0.416 e. The van der Waals surface area contributed by atoms with Crippen molar-refractivity contribution in [2.45, 2.75) is 24.9 Å². The minimum Gasteiger partial charge on any atom is -0.494 e. The van der Waals surface area contributed by atoms with Gasteiger partial charge in [0, 0.05) is 30.0 Å². The molecule has 10 heteroatoms. The van der Waals surface area contributed by atoms with Crippen LogP contribution < -0.4 is 9.64 Å². The molecule has 0 bridgehead atoms. The van der Waals surface area contributed by atoms with E-state index in [1.165, 1.54) is 12.1 Å². The number of alkyl halides is 3. The van der Waals surface area contributed by atoms with Crippen LogP contribution in [-0.2, 0) is 6.18 Å². The Morgan fingerprint density at radius 3 is 2.38 bits per heavy atom. The van der Waals surface area contributed by atoms with E-state index in [0.29, 0.717) is 17.3 Å². The summed E-state index contributed by atoms with van der Waals surface area (Å²) in [6.07, 6.45) is -2.76. The monoisotopic (exact) mass is 490 g/mol. The van der Waals surface area contributed by atoms with Crippen LogP contribution in [0.25, 0.3) is 22.3 Å². The average molecular weight is 491 g/mol. The lowest BCUT2D eigenvalue weighted by Gasteiger charge is -2.31. The number of benzene rings is 2. The SMILES string of the molecule is COc1cccc2ccc(N3CCC(c4nc(-c5ccc(C(F)(F)F)cc5)no4)CC3)nc12.Cl. The van der Waals surface area contributed by atoms with Crippen molar-refractivity contribution < 1.29 is 22.4 Å². The number of piperidine rings is 1. The van der Waals surface area contributed by atoms with E-state index in [1.54, 1.807) is 7.11 Å². The zero-order valence-electron chi connectivity index (χ0n) is 18.2. The highest BCUT2D eigenvalue weighted by atomic mass is 35.5. The molecule has 0 aliphatic carbocycles. The Morgan fingerprint density at radius 1 is 0.971 bits per heavy atom. The molecule has 4 aromatic rings. The van der Waals surface area contributed by atoms with Crippen LogP contribution >= 0.6 is 12.4 Å². The van der Waals surface area contributed by atoms with Crippen molar-refractivity contribution in [3.63, 3.8) is 0 Å². The summed E-state index contributed by atoms with van der Waals surface area (Å²) >= 11 is 0. The topological polar surface area (TPSA) is 64.3 Å². The molecule has 0 amide bonds. The molecule has 34 heavy (non-hydrogen) atoms. The van der Waals surface area contributed by atoms with Crippen LogP contribution in [0.4, 0.5) is 19.0 Å². The van der Waals surface area contributed by atoms with Crippen molar-refractivity contribution in [1.29, 1.82) is 0 Å². The molecule has 0 radical (unpaired) electrons. The summed E-state index contributed by atoms with van der Waals surface area (Å²) < 4.78 is 49.2. The first-order valence-corrected chi connectivity index (χ1v) is 10.6. The number of pyridine rings is 1. The van der Waals surface area contributed by atoms with Crippen molar-refractivity contribution in [2.75, 3.05) is 25.1 Å². The van der Waals surface area contributed by atoms with Crippen LogP contribution in [0.15, 0.2) is 59.1 Å². The largest absolute Gasteiger partial charge is 0.494 e. The summed E-state index contributed by atoms with van der Waals surface area (Å²) in [6, 6.07) is 14.7. The molecule has 0 unspecified atom stereocenters.